The van der Waals surface area contributed by atoms with Gasteiger partial charge in [-0.1, -0.05) is 63.3 Å². The van der Waals surface area contributed by atoms with Gasteiger partial charge in [0.15, 0.2) is 0 Å². The second-order valence-corrected chi connectivity index (χ2v) is 4.36. The second-order valence-electron chi connectivity index (χ2n) is 4.36. The minimum atomic E-state index is -2.79. The van der Waals surface area contributed by atoms with Crippen molar-refractivity contribution in [1.29, 1.82) is 0 Å². The van der Waals surface area contributed by atoms with Crippen LogP contribution in [-0.2, 0) is 16.1 Å². The Morgan fingerprint density at radius 2 is 2.11 bits per heavy atom. The van der Waals surface area contributed by atoms with Gasteiger partial charge in [0.25, 0.3) is 0 Å². The Balaban J connectivity index is 2.90. The summed E-state index contributed by atoms with van der Waals surface area (Å²) in [5, 5.41) is 0. The molecule has 0 N–H and O–H groups in total. The Morgan fingerprint density at radius 3 is 2.78 bits per heavy atom. The zero-order valence-corrected chi connectivity index (χ0v) is 10.9. The molecule has 0 saturated carbocycles. The van der Waals surface area contributed by atoms with Crippen molar-refractivity contribution in [3.63, 3.8) is 0 Å². The van der Waals surface area contributed by atoms with E-state index in [2.05, 4.69) is 6.92 Å². The van der Waals surface area contributed by atoms with E-state index < -0.39 is 48.3 Å². The highest BCUT2D eigenvalue weighted by Crippen LogP contribution is 2.14. The topological polar surface area (TPSA) is 26.3 Å². The molecular weight excluding hydrogens is 224 g/mol. The number of esters is 1. The molecule has 1 atom stereocenters. The van der Waals surface area contributed by atoms with Crippen molar-refractivity contribution in [2.45, 2.75) is 52.5 Å². The summed E-state index contributed by atoms with van der Waals surface area (Å²) in [6.45, 7) is 1.29. The number of ether oxygens (including phenoxy) is 1. The molecule has 2 heteroatoms. The monoisotopic (exact) mass is 255 g/mol. The van der Waals surface area contributed by atoms with Crippen LogP contribution in [0.1, 0.15) is 61.1 Å². The molecule has 0 fully saturated rings. The van der Waals surface area contributed by atoms with Gasteiger partial charge in [-0.2, -0.15) is 0 Å². The number of rotatable bonds is 8. The molecule has 0 heterocycles. The van der Waals surface area contributed by atoms with Gasteiger partial charge in [0.05, 0.1) is 9.60 Å². The van der Waals surface area contributed by atoms with Crippen LogP contribution in [-0.4, -0.2) is 5.97 Å². The summed E-state index contributed by atoms with van der Waals surface area (Å²) in [5.41, 5.74) is -0.661. The average molecular weight is 255 g/mol. The molecule has 0 saturated heterocycles. The molecule has 0 aromatic heterocycles. The largest absolute Gasteiger partial charge is 0.461 e. The fourth-order valence-corrected chi connectivity index (χ4v) is 1.52. The number of carbonyl (C=O) groups excluding carboxylic acids is 1. The highest BCUT2D eigenvalue weighted by atomic mass is 16.5. The van der Waals surface area contributed by atoms with E-state index in [1.165, 1.54) is 0 Å². The first-order chi connectivity index (χ1) is 11.5. The SMILES string of the molecule is [2H]c1c([2H])c([2H])c(C([2H])([2H])OC(=O)CCC(C)CCCC)c([2H])c1[2H]. The van der Waals surface area contributed by atoms with Crippen LogP contribution in [0.5, 0.6) is 0 Å². The highest BCUT2D eigenvalue weighted by Gasteiger charge is 2.07. The zero-order valence-electron chi connectivity index (χ0n) is 17.9. The van der Waals surface area contributed by atoms with E-state index in [1.54, 1.807) is 0 Å². The lowest BCUT2D eigenvalue weighted by atomic mass is 9.99. The first kappa shape index (κ1) is 7.32. The van der Waals surface area contributed by atoms with Crippen molar-refractivity contribution in [2.75, 3.05) is 0 Å². The van der Waals surface area contributed by atoms with E-state index in [-0.39, 0.29) is 6.42 Å². The lowest BCUT2D eigenvalue weighted by Gasteiger charge is -2.10. The van der Waals surface area contributed by atoms with Crippen molar-refractivity contribution in [3.8, 4) is 0 Å². The molecule has 0 bridgehead atoms. The van der Waals surface area contributed by atoms with E-state index in [4.69, 9.17) is 14.3 Å². The molecule has 0 spiro atoms. The molecule has 1 unspecified atom stereocenters. The molecule has 0 aliphatic carbocycles. The van der Waals surface area contributed by atoms with Crippen molar-refractivity contribution in [3.05, 3.63) is 35.8 Å². The number of hydrogen-bond acceptors (Lipinski definition) is 2. The number of benzene rings is 1. The van der Waals surface area contributed by atoms with Crippen LogP contribution in [0.25, 0.3) is 0 Å². The standard InChI is InChI=1S/C16H24O2/c1-3-4-8-14(2)11-12-16(17)18-13-15-9-6-5-7-10-15/h5-7,9-10,14H,3-4,8,11-13H2,1-2H3/i5D,6D,7D,9D,10D,13D2. The van der Waals surface area contributed by atoms with E-state index in [0.29, 0.717) is 12.3 Å². The Hall–Kier alpha value is -1.31. The van der Waals surface area contributed by atoms with Crippen LogP contribution in [0.2, 0.25) is 0 Å². The van der Waals surface area contributed by atoms with E-state index in [9.17, 15) is 4.79 Å². The summed E-state index contributed by atoms with van der Waals surface area (Å²) >= 11 is 0. The fraction of sp³-hybridized carbons (Fsp3) is 0.562. The van der Waals surface area contributed by atoms with Crippen LogP contribution in [0, 0.1) is 5.92 Å². The maximum absolute atomic E-state index is 12.0. The van der Waals surface area contributed by atoms with Gasteiger partial charge in [0.2, 0.25) is 0 Å². The molecule has 0 aliphatic rings. The summed E-state index contributed by atoms with van der Waals surface area (Å²) in [4.78, 5) is 12.0. The summed E-state index contributed by atoms with van der Waals surface area (Å²) in [5.74, 6) is -0.487. The molecule has 2 nitrogen and oxygen atoms in total. The quantitative estimate of drug-likeness (QED) is 0.646. The molecule has 0 radical (unpaired) electrons. The summed E-state index contributed by atoms with van der Waals surface area (Å²) in [7, 11) is 0. The molecule has 18 heavy (non-hydrogen) atoms. The van der Waals surface area contributed by atoms with Gasteiger partial charge in [0.1, 0.15) is 6.56 Å². The fourth-order valence-electron chi connectivity index (χ4n) is 1.52. The predicted octanol–water partition coefficient (Wildman–Crippen LogP) is 4.34. The lowest BCUT2D eigenvalue weighted by molar-refractivity contribution is -0.145. The van der Waals surface area contributed by atoms with Crippen LogP contribution in [0.4, 0.5) is 0 Å². The summed E-state index contributed by atoms with van der Waals surface area (Å²) in [6, 6.07) is -3.36. The van der Waals surface area contributed by atoms with Gasteiger partial charge in [-0.15, -0.1) is 0 Å². The number of hydrogen-bond donors (Lipinski definition) is 0. The first-order valence-electron chi connectivity index (χ1n) is 9.82. The molecule has 1 aromatic carbocycles. The number of carbonyl (C=O) groups is 1. The van der Waals surface area contributed by atoms with Crippen LogP contribution in [0.15, 0.2) is 30.2 Å². The molecular formula is C16H24O2. The minimum absolute atomic E-state index is 0.0169. The van der Waals surface area contributed by atoms with Gasteiger partial charge in [-0.25, -0.2) is 0 Å². The third-order valence-electron chi connectivity index (χ3n) is 2.66. The van der Waals surface area contributed by atoms with Crippen LogP contribution < -0.4 is 0 Å². The smallest absolute Gasteiger partial charge is 0.306 e. The van der Waals surface area contributed by atoms with Gasteiger partial charge in [-0.3, -0.25) is 4.79 Å². The molecule has 0 aliphatic heterocycles. The van der Waals surface area contributed by atoms with Crippen molar-refractivity contribution < 1.29 is 19.1 Å². The van der Waals surface area contributed by atoms with Crippen molar-refractivity contribution in [2.24, 2.45) is 5.92 Å². The highest BCUT2D eigenvalue weighted by molar-refractivity contribution is 5.69. The normalized spacial score (nSPS) is 18.4. The van der Waals surface area contributed by atoms with Crippen LogP contribution >= 0.6 is 0 Å². The van der Waals surface area contributed by atoms with Gasteiger partial charge >= 0.3 is 5.97 Å². The maximum Gasteiger partial charge on any atom is 0.306 e. The van der Waals surface area contributed by atoms with Crippen LogP contribution in [0.3, 0.4) is 0 Å². The Morgan fingerprint density at radius 1 is 1.39 bits per heavy atom. The Kier molecular flexibility index (Phi) is 3.55. The molecule has 100 valence electrons. The second kappa shape index (κ2) is 8.73. The summed E-state index contributed by atoms with van der Waals surface area (Å²) < 4.78 is 58.9. The average Bonchev–Trinajstić information content (AvgIpc) is 2.53. The Labute approximate surface area is 120 Å². The Bertz CT molecular complexity index is 602. The number of unbranched alkanes of at least 4 members (excludes halogenated alkanes) is 1. The third kappa shape index (κ3) is 6.43. The first-order valence-corrected chi connectivity index (χ1v) is 6.32. The minimum Gasteiger partial charge on any atom is -0.461 e. The van der Waals surface area contributed by atoms with Gasteiger partial charge < -0.3 is 4.74 Å². The van der Waals surface area contributed by atoms with Gasteiger partial charge in [0, 0.05) is 6.42 Å². The van der Waals surface area contributed by atoms with Gasteiger partial charge in [-0.05, 0) is 17.9 Å². The molecule has 1 aromatic rings. The van der Waals surface area contributed by atoms with E-state index in [0.717, 1.165) is 19.3 Å². The zero-order chi connectivity index (χ0) is 19.4. The molecule has 0 amide bonds. The third-order valence-corrected chi connectivity index (χ3v) is 2.66. The van der Waals surface area contributed by atoms with Crippen molar-refractivity contribution in [1.82, 2.24) is 0 Å². The lowest BCUT2D eigenvalue weighted by Crippen LogP contribution is -2.07. The molecule has 1 rings (SSSR count). The van der Waals surface area contributed by atoms with Crippen molar-refractivity contribution >= 4 is 5.97 Å². The maximum atomic E-state index is 12.0. The van der Waals surface area contributed by atoms with E-state index >= 15 is 0 Å². The summed E-state index contributed by atoms with van der Waals surface area (Å²) in [6.07, 6.45) is 3.66. The van der Waals surface area contributed by atoms with E-state index in [1.807, 2.05) is 6.92 Å². The predicted molar refractivity (Wildman–Crippen MR) is 74.2 cm³/mol.